The summed E-state index contributed by atoms with van der Waals surface area (Å²) >= 11 is 6.68. The Morgan fingerprint density at radius 1 is 1.28 bits per heavy atom. The van der Waals surface area contributed by atoms with Crippen molar-refractivity contribution in [3.63, 3.8) is 0 Å². The minimum atomic E-state index is -0.276. The van der Waals surface area contributed by atoms with E-state index in [1.54, 1.807) is 13.3 Å². The van der Waals surface area contributed by atoms with E-state index >= 15 is 0 Å². The molecule has 8 nitrogen and oxygen atoms in total. The summed E-state index contributed by atoms with van der Waals surface area (Å²) in [5.41, 5.74) is 5.01. The highest BCUT2D eigenvalue weighted by molar-refractivity contribution is 6.33. The molecular formula is C27H29ClN6O2. The average molecular weight is 505 g/mol. The van der Waals surface area contributed by atoms with Crippen molar-refractivity contribution in [1.82, 2.24) is 15.0 Å². The van der Waals surface area contributed by atoms with Crippen LogP contribution in [0.25, 0.3) is 11.3 Å². The number of hydrogen-bond acceptors (Lipinski definition) is 8. The Morgan fingerprint density at radius 2 is 2.08 bits per heavy atom. The van der Waals surface area contributed by atoms with Gasteiger partial charge >= 0.3 is 0 Å². The van der Waals surface area contributed by atoms with Gasteiger partial charge in [-0.1, -0.05) is 18.5 Å². The number of anilines is 3. The van der Waals surface area contributed by atoms with Crippen LogP contribution in [0.4, 0.5) is 17.3 Å². The summed E-state index contributed by atoms with van der Waals surface area (Å²) in [4.78, 5) is 15.9. The van der Waals surface area contributed by atoms with Crippen LogP contribution in [0.15, 0.2) is 36.7 Å². The standard InChI is InChI=1S/C27H29ClN6O2/c1-27(16-35)7-3-22-19(27)11-18(15-31-22)21-4-8-30-26(32-21)33-23-12-20(28)24(13-25(23)36-2)34-9-5-17(14-29)6-10-34/h4,8,11-13,15,17,35H,3,5-7,9-10,16H2,1-2H3,(H,30,32,33). The molecule has 2 aromatic heterocycles. The van der Waals surface area contributed by atoms with E-state index in [2.05, 4.69) is 39.2 Å². The van der Waals surface area contributed by atoms with Gasteiger partial charge < -0.3 is 20.1 Å². The molecule has 1 atom stereocenters. The van der Waals surface area contributed by atoms with Crippen LogP contribution in [-0.4, -0.2) is 46.9 Å². The highest BCUT2D eigenvalue weighted by atomic mass is 35.5. The highest BCUT2D eigenvalue weighted by Crippen LogP contribution is 2.40. The molecule has 0 saturated carbocycles. The maximum Gasteiger partial charge on any atom is 0.227 e. The first-order valence-electron chi connectivity index (χ1n) is 12.2. The molecule has 0 bridgehead atoms. The molecule has 36 heavy (non-hydrogen) atoms. The number of fused-ring (bicyclic) bond motifs is 1. The van der Waals surface area contributed by atoms with E-state index in [-0.39, 0.29) is 17.9 Å². The van der Waals surface area contributed by atoms with Gasteiger partial charge in [0, 0.05) is 54.1 Å². The van der Waals surface area contributed by atoms with Crippen molar-refractivity contribution in [3.8, 4) is 23.1 Å². The third-order valence-corrected chi connectivity index (χ3v) is 7.67. The van der Waals surface area contributed by atoms with Gasteiger partial charge in [0.2, 0.25) is 5.95 Å². The summed E-state index contributed by atoms with van der Waals surface area (Å²) in [6, 6.07) is 10.0. The number of aryl methyl sites for hydroxylation is 1. The molecule has 0 amide bonds. The number of aromatic nitrogens is 3. The van der Waals surface area contributed by atoms with Crippen molar-refractivity contribution in [2.75, 3.05) is 37.0 Å². The minimum absolute atomic E-state index is 0.0919. The van der Waals surface area contributed by atoms with Gasteiger partial charge in [-0.3, -0.25) is 4.98 Å². The Hall–Kier alpha value is -3.41. The number of aliphatic hydroxyl groups is 1. The predicted octanol–water partition coefficient (Wildman–Crippen LogP) is 4.88. The van der Waals surface area contributed by atoms with Gasteiger partial charge in [-0.25, -0.2) is 9.97 Å². The zero-order valence-corrected chi connectivity index (χ0v) is 21.2. The maximum atomic E-state index is 9.94. The van der Waals surface area contributed by atoms with Gasteiger partial charge in [0.05, 0.1) is 41.9 Å². The number of nitriles is 1. The molecule has 0 spiro atoms. The van der Waals surface area contributed by atoms with Crippen LogP contribution in [0.5, 0.6) is 5.75 Å². The molecule has 1 aromatic carbocycles. The molecule has 1 fully saturated rings. The lowest BCUT2D eigenvalue weighted by Gasteiger charge is -2.32. The van der Waals surface area contributed by atoms with Gasteiger partial charge in [0.1, 0.15) is 5.75 Å². The Labute approximate surface area is 215 Å². The second-order valence-corrected chi connectivity index (χ2v) is 10.1. The van der Waals surface area contributed by atoms with E-state index in [9.17, 15) is 10.4 Å². The largest absolute Gasteiger partial charge is 0.494 e. The summed E-state index contributed by atoms with van der Waals surface area (Å²) in [7, 11) is 1.62. The molecule has 1 saturated heterocycles. The van der Waals surface area contributed by atoms with E-state index in [1.807, 2.05) is 24.4 Å². The van der Waals surface area contributed by atoms with Crippen molar-refractivity contribution in [3.05, 3.63) is 52.9 Å². The van der Waals surface area contributed by atoms with E-state index in [4.69, 9.17) is 21.3 Å². The van der Waals surface area contributed by atoms with Crippen LogP contribution >= 0.6 is 11.6 Å². The Kier molecular flexibility index (Phi) is 6.69. The van der Waals surface area contributed by atoms with Crippen molar-refractivity contribution in [2.24, 2.45) is 5.92 Å². The summed E-state index contributed by atoms with van der Waals surface area (Å²) < 4.78 is 5.66. The number of pyridine rings is 1. The van der Waals surface area contributed by atoms with Crippen molar-refractivity contribution < 1.29 is 9.84 Å². The van der Waals surface area contributed by atoms with Crippen LogP contribution in [0.1, 0.15) is 37.4 Å². The topological polar surface area (TPSA) is 107 Å². The first-order valence-corrected chi connectivity index (χ1v) is 12.5. The molecule has 1 unspecified atom stereocenters. The van der Waals surface area contributed by atoms with Crippen LogP contribution in [0.2, 0.25) is 5.02 Å². The van der Waals surface area contributed by atoms with Gasteiger partial charge in [-0.2, -0.15) is 5.26 Å². The second kappa shape index (κ2) is 9.92. The molecule has 0 radical (unpaired) electrons. The number of halogens is 1. The SMILES string of the molecule is COc1cc(N2CCC(C#N)CC2)c(Cl)cc1Nc1nccc(-c2cnc3c(c2)C(C)(CO)CC3)n1. The molecular weight excluding hydrogens is 476 g/mol. The lowest BCUT2D eigenvalue weighted by Crippen LogP contribution is -2.33. The normalized spacial score (nSPS) is 19.6. The molecule has 9 heteroatoms. The van der Waals surface area contributed by atoms with Crippen LogP contribution < -0.4 is 15.0 Å². The highest BCUT2D eigenvalue weighted by Gasteiger charge is 2.35. The van der Waals surface area contributed by atoms with Crippen molar-refractivity contribution in [2.45, 2.75) is 38.0 Å². The zero-order chi connectivity index (χ0) is 25.3. The number of aliphatic hydroxyl groups excluding tert-OH is 1. The lowest BCUT2D eigenvalue weighted by molar-refractivity contribution is 0.206. The molecule has 2 N–H and O–H groups in total. The van der Waals surface area contributed by atoms with Crippen molar-refractivity contribution >= 4 is 28.9 Å². The van der Waals surface area contributed by atoms with Crippen LogP contribution in [0, 0.1) is 17.2 Å². The third kappa shape index (κ3) is 4.57. The number of rotatable bonds is 6. The lowest BCUT2D eigenvalue weighted by atomic mass is 9.85. The van der Waals surface area contributed by atoms with E-state index in [1.165, 1.54) is 0 Å². The van der Waals surface area contributed by atoms with Crippen LogP contribution in [0.3, 0.4) is 0 Å². The number of nitrogens with zero attached hydrogens (tertiary/aromatic N) is 5. The number of piperidine rings is 1. The fourth-order valence-electron chi connectivity index (χ4n) is 5.05. The first kappa shape index (κ1) is 24.3. The Bertz CT molecular complexity index is 1320. The number of nitrogens with one attached hydrogen (secondary N) is 1. The van der Waals surface area contributed by atoms with Crippen molar-refractivity contribution in [1.29, 1.82) is 5.26 Å². The fraction of sp³-hybridized carbons (Fsp3) is 0.407. The predicted molar refractivity (Wildman–Crippen MR) is 140 cm³/mol. The third-order valence-electron chi connectivity index (χ3n) is 7.37. The summed E-state index contributed by atoms with van der Waals surface area (Å²) in [6.45, 7) is 3.73. The summed E-state index contributed by atoms with van der Waals surface area (Å²) in [6.07, 6.45) is 6.94. The molecule has 1 aliphatic carbocycles. The number of hydrogen-bond donors (Lipinski definition) is 2. The average Bonchev–Trinajstić information content (AvgIpc) is 3.25. The van der Waals surface area contributed by atoms with Gasteiger partial charge in [-0.05, 0) is 49.4 Å². The summed E-state index contributed by atoms with van der Waals surface area (Å²) in [5, 5.41) is 23.0. The number of ether oxygens (including phenoxy) is 1. The fourth-order valence-corrected chi connectivity index (χ4v) is 5.33. The van der Waals surface area contributed by atoms with Gasteiger partial charge in [0.15, 0.2) is 0 Å². The van der Waals surface area contributed by atoms with Gasteiger partial charge in [-0.15, -0.1) is 0 Å². The zero-order valence-electron chi connectivity index (χ0n) is 20.5. The molecule has 5 rings (SSSR count). The maximum absolute atomic E-state index is 9.94. The smallest absolute Gasteiger partial charge is 0.227 e. The molecule has 186 valence electrons. The summed E-state index contributed by atoms with van der Waals surface area (Å²) in [5.74, 6) is 1.14. The van der Waals surface area contributed by atoms with Crippen LogP contribution in [-0.2, 0) is 11.8 Å². The number of methoxy groups -OCH3 is 1. The Morgan fingerprint density at radius 3 is 2.81 bits per heavy atom. The second-order valence-electron chi connectivity index (χ2n) is 9.72. The van der Waals surface area contributed by atoms with E-state index in [0.717, 1.165) is 67.0 Å². The first-order chi connectivity index (χ1) is 17.4. The number of benzene rings is 1. The minimum Gasteiger partial charge on any atom is -0.494 e. The molecule has 3 heterocycles. The molecule has 1 aliphatic heterocycles. The van der Waals surface area contributed by atoms with E-state index in [0.29, 0.717) is 22.4 Å². The van der Waals surface area contributed by atoms with E-state index < -0.39 is 0 Å². The molecule has 2 aliphatic rings. The Balaban J connectivity index is 1.40. The quantitative estimate of drug-likeness (QED) is 0.489. The molecule has 3 aromatic rings. The monoisotopic (exact) mass is 504 g/mol. The van der Waals surface area contributed by atoms with Gasteiger partial charge in [0.25, 0.3) is 0 Å².